The number of ether oxygens (including phenoxy) is 1. The summed E-state index contributed by atoms with van der Waals surface area (Å²) in [5, 5.41) is 16.2. The van der Waals surface area contributed by atoms with Crippen LogP contribution in [-0.4, -0.2) is 39.5 Å². The first-order chi connectivity index (χ1) is 11.6. The first kappa shape index (κ1) is 19.6. The molecule has 2 aromatic rings. The molecule has 0 radical (unpaired) electrons. The summed E-state index contributed by atoms with van der Waals surface area (Å²) >= 11 is 0.692. The summed E-state index contributed by atoms with van der Waals surface area (Å²) in [7, 11) is 0. The largest absolute Gasteiger partial charge is 0.491 e. The summed E-state index contributed by atoms with van der Waals surface area (Å²) in [5.41, 5.74) is -0.735. The van der Waals surface area contributed by atoms with Crippen molar-refractivity contribution in [2.24, 2.45) is 0 Å². The third kappa shape index (κ3) is 5.94. The second-order valence-electron chi connectivity index (χ2n) is 6.57. The van der Waals surface area contributed by atoms with Gasteiger partial charge in [0.15, 0.2) is 5.69 Å². The van der Waals surface area contributed by atoms with Crippen molar-refractivity contribution in [3.63, 3.8) is 0 Å². The number of nitrogens with one attached hydrogen (secondary N) is 1. The zero-order chi connectivity index (χ0) is 18.7. The summed E-state index contributed by atoms with van der Waals surface area (Å²) in [6.07, 6.45) is -5.23. The second kappa shape index (κ2) is 7.67. The highest BCUT2D eigenvalue weighted by atomic mass is 32.1. The zero-order valence-corrected chi connectivity index (χ0v) is 14.9. The van der Waals surface area contributed by atoms with Crippen LogP contribution in [0.1, 0.15) is 26.5 Å². The first-order valence-corrected chi connectivity index (χ1v) is 8.39. The van der Waals surface area contributed by atoms with Gasteiger partial charge in [-0.25, -0.2) is 0 Å². The molecule has 1 atom stereocenters. The van der Waals surface area contributed by atoms with Crippen molar-refractivity contribution in [1.82, 2.24) is 14.9 Å². The summed E-state index contributed by atoms with van der Waals surface area (Å²) in [5.74, 6) is 0.463. The van der Waals surface area contributed by atoms with Crippen molar-refractivity contribution in [3.8, 4) is 16.2 Å². The van der Waals surface area contributed by atoms with Gasteiger partial charge in [-0.15, -0.1) is 5.10 Å². The lowest BCUT2D eigenvalue weighted by Gasteiger charge is -2.23. The van der Waals surface area contributed by atoms with Crippen LogP contribution >= 0.6 is 11.5 Å². The minimum absolute atomic E-state index is 0.0338. The molecule has 25 heavy (non-hydrogen) atoms. The van der Waals surface area contributed by atoms with Crippen LogP contribution in [0.2, 0.25) is 0 Å². The Balaban J connectivity index is 1.96. The van der Waals surface area contributed by atoms with Crippen molar-refractivity contribution in [3.05, 3.63) is 30.0 Å². The predicted molar refractivity (Wildman–Crippen MR) is 89.6 cm³/mol. The number of rotatable bonds is 6. The normalized spacial score (nSPS) is 13.7. The summed E-state index contributed by atoms with van der Waals surface area (Å²) in [6.45, 7) is 6.43. The van der Waals surface area contributed by atoms with Gasteiger partial charge in [-0.2, -0.15) is 13.2 Å². The fourth-order valence-electron chi connectivity index (χ4n) is 1.94. The van der Waals surface area contributed by atoms with Crippen LogP contribution in [0.15, 0.2) is 24.3 Å². The van der Waals surface area contributed by atoms with E-state index in [2.05, 4.69) is 14.9 Å². The molecule has 1 aromatic carbocycles. The Morgan fingerprint density at radius 3 is 2.40 bits per heavy atom. The predicted octanol–water partition coefficient (Wildman–Crippen LogP) is 3.35. The van der Waals surface area contributed by atoms with Crippen LogP contribution in [0.3, 0.4) is 0 Å². The standard InChI is InChI=1S/C16H20F3N3O2S/c1-15(2,3)20-8-11(23)9-24-12-6-4-10(5-7-12)13-14(16(17,18)19)21-22-25-13/h4-7,11,20,23H,8-9H2,1-3H3. The van der Waals surface area contributed by atoms with Crippen LogP contribution < -0.4 is 10.1 Å². The molecule has 1 aromatic heterocycles. The number of β-amino-alcohol motifs (C(OH)–C–C–N with tert-alkyl or cyclic N) is 1. The van der Waals surface area contributed by atoms with Crippen LogP contribution in [0.4, 0.5) is 13.2 Å². The lowest BCUT2D eigenvalue weighted by Crippen LogP contribution is -2.42. The monoisotopic (exact) mass is 375 g/mol. The van der Waals surface area contributed by atoms with Crippen molar-refractivity contribution in [2.45, 2.75) is 38.6 Å². The maximum Gasteiger partial charge on any atom is 0.436 e. The molecular weight excluding hydrogens is 355 g/mol. The molecular formula is C16H20F3N3O2S. The van der Waals surface area contributed by atoms with E-state index in [4.69, 9.17) is 4.74 Å². The van der Waals surface area contributed by atoms with Crippen LogP contribution in [-0.2, 0) is 6.18 Å². The van der Waals surface area contributed by atoms with E-state index in [-0.39, 0.29) is 17.0 Å². The average molecular weight is 375 g/mol. The molecule has 0 amide bonds. The van der Waals surface area contributed by atoms with E-state index in [1.54, 1.807) is 12.1 Å². The molecule has 0 saturated heterocycles. The van der Waals surface area contributed by atoms with E-state index < -0.39 is 18.0 Å². The maximum absolute atomic E-state index is 12.9. The molecule has 1 heterocycles. The molecule has 0 bridgehead atoms. The molecule has 0 aliphatic carbocycles. The highest BCUT2D eigenvalue weighted by Crippen LogP contribution is 2.37. The Kier molecular flexibility index (Phi) is 6.02. The quantitative estimate of drug-likeness (QED) is 0.811. The third-order valence-electron chi connectivity index (χ3n) is 3.18. The minimum Gasteiger partial charge on any atom is -0.491 e. The molecule has 0 aliphatic rings. The number of aliphatic hydroxyl groups is 1. The number of halogens is 3. The van der Waals surface area contributed by atoms with Crippen LogP contribution in [0.5, 0.6) is 5.75 Å². The summed E-state index contributed by atoms with van der Waals surface area (Å²) in [6, 6.07) is 6.14. The Morgan fingerprint density at radius 2 is 1.84 bits per heavy atom. The fourth-order valence-corrected chi connectivity index (χ4v) is 2.63. The highest BCUT2D eigenvalue weighted by Gasteiger charge is 2.37. The molecule has 138 valence electrons. The Hall–Kier alpha value is -1.71. The number of hydrogen-bond acceptors (Lipinski definition) is 6. The van der Waals surface area contributed by atoms with E-state index in [0.29, 0.717) is 29.4 Å². The summed E-state index contributed by atoms with van der Waals surface area (Å²) < 4.78 is 47.4. The molecule has 0 aliphatic heterocycles. The number of alkyl halides is 3. The lowest BCUT2D eigenvalue weighted by atomic mass is 10.1. The zero-order valence-electron chi connectivity index (χ0n) is 14.1. The molecule has 1 unspecified atom stereocenters. The van der Waals surface area contributed by atoms with E-state index in [1.165, 1.54) is 12.1 Å². The molecule has 0 saturated carbocycles. The first-order valence-electron chi connectivity index (χ1n) is 7.62. The molecule has 2 rings (SSSR count). The van der Waals surface area contributed by atoms with Gasteiger partial charge in [-0.1, -0.05) is 4.49 Å². The number of hydrogen-bond donors (Lipinski definition) is 2. The van der Waals surface area contributed by atoms with Gasteiger partial charge in [-0.3, -0.25) is 0 Å². The Bertz CT molecular complexity index is 681. The van der Waals surface area contributed by atoms with E-state index >= 15 is 0 Å². The van der Waals surface area contributed by atoms with Crippen molar-refractivity contribution in [1.29, 1.82) is 0 Å². The smallest absolute Gasteiger partial charge is 0.436 e. The average Bonchev–Trinajstić information content (AvgIpc) is 3.00. The fraction of sp³-hybridized carbons (Fsp3) is 0.500. The number of aromatic nitrogens is 2. The van der Waals surface area contributed by atoms with Crippen molar-refractivity contribution >= 4 is 11.5 Å². The number of aliphatic hydroxyl groups excluding tert-OH is 1. The number of benzene rings is 1. The lowest BCUT2D eigenvalue weighted by molar-refractivity contribution is -0.140. The van der Waals surface area contributed by atoms with Gasteiger partial charge in [0.05, 0.1) is 4.88 Å². The van der Waals surface area contributed by atoms with Gasteiger partial charge in [-0.05, 0) is 62.1 Å². The van der Waals surface area contributed by atoms with Gasteiger partial charge in [0.2, 0.25) is 0 Å². The van der Waals surface area contributed by atoms with Gasteiger partial charge >= 0.3 is 6.18 Å². The molecule has 0 spiro atoms. The van der Waals surface area contributed by atoms with E-state index in [0.717, 1.165) is 0 Å². The van der Waals surface area contributed by atoms with Gasteiger partial charge in [0.25, 0.3) is 0 Å². The van der Waals surface area contributed by atoms with Gasteiger partial charge in [0, 0.05) is 12.1 Å². The maximum atomic E-state index is 12.9. The Morgan fingerprint density at radius 1 is 1.20 bits per heavy atom. The van der Waals surface area contributed by atoms with Crippen molar-refractivity contribution < 1.29 is 23.0 Å². The molecule has 9 heteroatoms. The summed E-state index contributed by atoms with van der Waals surface area (Å²) in [4.78, 5) is -0.0338. The topological polar surface area (TPSA) is 67.3 Å². The van der Waals surface area contributed by atoms with Crippen LogP contribution in [0, 0.1) is 0 Å². The molecule has 2 N–H and O–H groups in total. The molecule has 5 nitrogen and oxygen atoms in total. The minimum atomic E-state index is -4.54. The van der Waals surface area contributed by atoms with E-state index in [9.17, 15) is 18.3 Å². The second-order valence-corrected chi connectivity index (χ2v) is 7.32. The van der Waals surface area contributed by atoms with Crippen molar-refractivity contribution in [2.75, 3.05) is 13.2 Å². The highest BCUT2D eigenvalue weighted by molar-refractivity contribution is 7.09. The molecule has 0 fully saturated rings. The van der Waals surface area contributed by atoms with Gasteiger partial charge in [0.1, 0.15) is 18.5 Å². The Labute approximate surface area is 148 Å². The van der Waals surface area contributed by atoms with Gasteiger partial charge < -0.3 is 15.2 Å². The number of nitrogens with zero attached hydrogens (tertiary/aromatic N) is 2. The van der Waals surface area contributed by atoms with Crippen LogP contribution in [0.25, 0.3) is 10.4 Å². The van der Waals surface area contributed by atoms with E-state index in [1.807, 2.05) is 20.8 Å². The SMILES string of the molecule is CC(C)(C)NCC(O)COc1ccc(-c2snnc2C(F)(F)F)cc1. The third-order valence-corrected chi connectivity index (χ3v) is 3.96.